The molecule has 12 nitrogen and oxygen atoms in total. The molecule has 6 rings (SSSR count). The van der Waals surface area contributed by atoms with E-state index in [1.165, 1.54) is 24.5 Å². The van der Waals surface area contributed by atoms with Crippen molar-refractivity contribution in [2.45, 2.75) is 39.2 Å². The summed E-state index contributed by atoms with van der Waals surface area (Å²) in [5.41, 5.74) is 5.66. The van der Waals surface area contributed by atoms with Crippen LogP contribution in [-0.4, -0.2) is 77.3 Å². The molecule has 4 heterocycles. The van der Waals surface area contributed by atoms with E-state index < -0.39 is 11.8 Å². The van der Waals surface area contributed by atoms with Crippen LogP contribution in [0.25, 0.3) is 33.5 Å². The molecular weight excluding hydrogens is 567 g/mol. The number of carbonyl (C=O) groups is 2. The number of fused-ring (bicyclic) bond motifs is 2. The minimum absolute atomic E-state index is 0.0705. The van der Waals surface area contributed by atoms with Crippen molar-refractivity contribution in [2.24, 2.45) is 0 Å². The summed E-state index contributed by atoms with van der Waals surface area (Å²) in [7, 11) is 1.80. The predicted octanol–water partition coefficient (Wildman–Crippen LogP) is 4.32. The van der Waals surface area contributed by atoms with Gasteiger partial charge in [0.2, 0.25) is 0 Å². The van der Waals surface area contributed by atoms with E-state index in [-0.39, 0.29) is 23.8 Å². The number of aromatic amines is 2. The number of amides is 1. The van der Waals surface area contributed by atoms with Crippen LogP contribution in [0.2, 0.25) is 0 Å². The first-order valence-corrected chi connectivity index (χ1v) is 14.3. The van der Waals surface area contributed by atoms with Crippen molar-refractivity contribution >= 4 is 28.6 Å². The zero-order chi connectivity index (χ0) is 31.0. The number of rotatable bonds is 9. The lowest BCUT2D eigenvalue weighted by atomic mass is 9.96. The van der Waals surface area contributed by atoms with E-state index in [0.717, 1.165) is 33.4 Å². The number of halogens is 1. The lowest BCUT2D eigenvalue weighted by Gasteiger charge is -2.26. The van der Waals surface area contributed by atoms with Gasteiger partial charge >= 0.3 is 5.97 Å². The molecular formula is C31H31FN8O4. The molecule has 4 N–H and O–H groups in total. The van der Waals surface area contributed by atoms with Gasteiger partial charge in [0, 0.05) is 38.4 Å². The van der Waals surface area contributed by atoms with Crippen LogP contribution in [0, 0.1) is 5.82 Å². The van der Waals surface area contributed by atoms with Crippen LogP contribution in [0.3, 0.4) is 0 Å². The zero-order valence-electron chi connectivity index (χ0n) is 24.3. The normalized spacial score (nSPS) is 12.8. The molecule has 2 aromatic carbocycles. The molecule has 0 unspecified atom stereocenters. The van der Waals surface area contributed by atoms with Crippen molar-refractivity contribution in [3.05, 3.63) is 71.2 Å². The second-order valence-corrected chi connectivity index (χ2v) is 10.8. The average molecular weight is 599 g/mol. The number of hydrogen-bond donors (Lipinski definition) is 4. The van der Waals surface area contributed by atoms with E-state index in [0.29, 0.717) is 61.8 Å². The molecule has 1 aliphatic rings. The summed E-state index contributed by atoms with van der Waals surface area (Å²) in [4.78, 5) is 44.3. The first-order valence-electron chi connectivity index (χ1n) is 14.3. The number of carbonyl (C=O) groups excluding carboxylic acids is 1. The van der Waals surface area contributed by atoms with Crippen LogP contribution < -0.4 is 4.90 Å². The van der Waals surface area contributed by atoms with Gasteiger partial charge in [-0.2, -0.15) is 5.10 Å². The number of imidazole rings is 1. The Morgan fingerprint density at radius 1 is 1.16 bits per heavy atom. The van der Waals surface area contributed by atoms with E-state index in [2.05, 4.69) is 25.1 Å². The third-order valence-electron chi connectivity index (χ3n) is 7.90. The molecule has 0 aliphatic carbocycles. The minimum Gasteiger partial charge on any atom is -0.505 e. The summed E-state index contributed by atoms with van der Waals surface area (Å²) in [5.74, 6) is -0.971. The van der Waals surface area contributed by atoms with Crippen molar-refractivity contribution < 1.29 is 24.2 Å². The number of nitrogens with one attached hydrogen (secondary N) is 2. The van der Waals surface area contributed by atoms with Crippen LogP contribution in [0.15, 0.2) is 42.7 Å². The summed E-state index contributed by atoms with van der Waals surface area (Å²) in [5, 5.41) is 27.0. The Morgan fingerprint density at radius 3 is 2.75 bits per heavy atom. The Bertz CT molecular complexity index is 1870. The molecule has 1 amide bonds. The Morgan fingerprint density at radius 2 is 2.00 bits per heavy atom. The second kappa shape index (κ2) is 11.7. The third kappa shape index (κ3) is 5.55. The number of aliphatic carboxylic acids is 1. The maximum atomic E-state index is 14.2. The Balaban J connectivity index is 1.17. The fraction of sp³-hybridized carbons (Fsp3) is 0.290. The number of benzene rings is 2. The molecule has 0 radical (unpaired) electrons. The smallest absolute Gasteiger partial charge is 0.303 e. The number of phenolic OH excluding ortho intramolecular Hbond substituents is 1. The van der Waals surface area contributed by atoms with Crippen LogP contribution in [-0.2, 0) is 24.2 Å². The van der Waals surface area contributed by atoms with Gasteiger partial charge < -0.3 is 25.0 Å². The van der Waals surface area contributed by atoms with E-state index >= 15 is 0 Å². The minimum atomic E-state index is -0.845. The number of aromatic hydroxyl groups is 1. The first-order chi connectivity index (χ1) is 21.2. The molecule has 226 valence electrons. The van der Waals surface area contributed by atoms with Gasteiger partial charge in [0.05, 0.1) is 35.8 Å². The lowest BCUT2D eigenvalue weighted by molar-refractivity contribution is -0.137. The second-order valence-electron chi connectivity index (χ2n) is 10.8. The molecule has 0 bridgehead atoms. The SMILES string of the molecule is CCc1cc(O)c(F)cc1-c1ccc2c(-c3nc4c([nH]3)CN(C(=O)c3cnc(N(C)CCCC(=O)O)cn3)CC4)n[nH]c2c1. The highest BCUT2D eigenvalue weighted by atomic mass is 19.1. The highest BCUT2D eigenvalue weighted by Crippen LogP contribution is 2.34. The molecule has 0 saturated carbocycles. The van der Waals surface area contributed by atoms with E-state index in [9.17, 15) is 19.1 Å². The summed E-state index contributed by atoms with van der Waals surface area (Å²) in [6.07, 6.45) is 4.71. The van der Waals surface area contributed by atoms with E-state index in [1.54, 1.807) is 16.8 Å². The van der Waals surface area contributed by atoms with Crippen LogP contribution in [0.4, 0.5) is 10.2 Å². The number of hydrogen-bond acceptors (Lipinski definition) is 8. The zero-order valence-corrected chi connectivity index (χ0v) is 24.3. The van der Waals surface area contributed by atoms with Gasteiger partial charge in [0.25, 0.3) is 5.91 Å². The summed E-state index contributed by atoms with van der Waals surface area (Å²) in [6.45, 7) is 3.27. The number of anilines is 1. The maximum absolute atomic E-state index is 14.2. The number of carboxylic acid groups (broad SMARTS) is 1. The number of phenols is 1. The average Bonchev–Trinajstić information content (AvgIpc) is 3.65. The van der Waals surface area contributed by atoms with Gasteiger partial charge in [0.15, 0.2) is 17.4 Å². The van der Waals surface area contributed by atoms with Gasteiger partial charge in [-0.3, -0.25) is 14.7 Å². The highest BCUT2D eigenvalue weighted by molar-refractivity contribution is 5.94. The topological polar surface area (TPSA) is 164 Å². The van der Waals surface area contributed by atoms with Gasteiger partial charge in [-0.1, -0.05) is 13.0 Å². The molecule has 0 atom stereocenters. The van der Waals surface area contributed by atoms with Gasteiger partial charge in [-0.05, 0) is 53.8 Å². The van der Waals surface area contributed by atoms with Crippen molar-refractivity contribution in [2.75, 3.05) is 25.0 Å². The number of H-pyrrole nitrogens is 2. The molecule has 3 aromatic heterocycles. The number of aryl methyl sites for hydroxylation is 1. The van der Waals surface area contributed by atoms with Crippen LogP contribution in [0.1, 0.15) is 47.2 Å². The summed E-state index contributed by atoms with van der Waals surface area (Å²) < 4.78 is 14.2. The number of carboxylic acids is 1. The van der Waals surface area contributed by atoms with Crippen molar-refractivity contribution in [1.82, 2.24) is 35.0 Å². The fourth-order valence-corrected chi connectivity index (χ4v) is 5.49. The fourth-order valence-electron chi connectivity index (χ4n) is 5.49. The van der Waals surface area contributed by atoms with E-state index in [1.807, 2.05) is 25.1 Å². The van der Waals surface area contributed by atoms with Crippen LogP contribution in [0.5, 0.6) is 5.75 Å². The quantitative estimate of drug-likeness (QED) is 0.193. The monoisotopic (exact) mass is 598 g/mol. The lowest BCUT2D eigenvalue weighted by Crippen LogP contribution is -2.36. The summed E-state index contributed by atoms with van der Waals surface area (Å²) >= 11 is 0. The van der Waals surface area contributed by atoms with Crippen molar-refractivity contribution in [3.8, 4) is 28.4 Å². The third-order valence-corrected chi connectivity index (χ3v) is 7.90. The maximum Gasteiger partial charge on any atom is 0.303 e. The van der Waals surface area contributed by atoms with Crippen LogP contribution >= 0.6 is 0 Å². The molecule has 44 heavy (non-hydrogen) atoms. The van der Waals surface area contributed by atoms with Gasteiger partial charge in [-0.25, -0.2) is 19.3 Å². The highest BCUT2D eigenvalue weighted by Gasteiger charge is 2.27. The molecule has 13 heteroatoms. The number of nitrogens with zero attached hydrogens (tertiary/aromatic N) is 6. The van der Waals surface area contributed by atoms with Gasteiger partial charge in [0.1, 0.15) is 17.2 Å². The van der Waals surface area contributed by atoms with E-state index in [4.69, 9.17) is 10.1 Å². The number of aromatic nitrogens is 6. The Hall–Kier alpha value is -5.33. The predicted molar refractivity (Wildman–Crippen MR) is 161 cm³/mol. The first kappa shape index (κ1) is 28.8. The molecule has 5 aromatic rings. The largest absolute Gasteiger partial charge is 0.505 e. The summed E-state index contributed by atoms with van der Waals surface area (Å²) in [6, 6.07) is 8.53. The Labute approximate surface area is 251 Å². The standard InChI is InChI=1S/C31H31FN8O4/c1-3-17-12-26(41)21(32)13-20(17)18-6-7-19-23(11-18)37-38-29(19)30-35-22-8-10-40(16-25(22)36-30)31(44)24-14-34-27(15-33-24)39(2)9-4-5-28(42)43/h6-7,11-15,41H,3-5,8-10,16H2,1-2H3,(H,35,36)(H,37,38)(H,42,43). The molecule has 1 aliphatic heterocycles. The van der Waals surface area contributed by atoms with Crippen molar-refractivity contribution in [3.63, 3.8) is 0 Å². The molecule has 0 spiro atoms. The van der Waals surface area contributed by atoms with Crippen molar-refractivity contribution in [1.29, 1.82) is 0 Å². The molecule has 0 saturated heterocycles. The molecule has 0 fully saturated rings. The Kier molecular flexibility index (Phi) is 7.68. The van der Waals surface area contributed by atoms with Gasteiger partial charge in [-0.15, -0.1) is 0 Å².